The fraction of sp³-hybridized carbons (Fsp3) is 0.588. The number of hydrogen-bond acceptors (Lipinski definition) is 3. The monoisotopic (exact) mass is 290 g/mol. The molecule has 0 aliphatic carbocycles. The van der Waals surface area contributed by atoms with E-state index >= 15 is 0 Å². The summed E-state index contributed by atoms with van der Waals surface area (Å²) in [6.45, 7) is 10.2. The Bertz CT molecular complexity index is 537. The molecule has 0 aromatic carbocycles. The van der Waals surface area contributed by atoms with Gasteiger partial charge in [-0.05, 0) is 12.5 Å². The Morgan fingerprint density at radius 2 is 2.19 bits per heavy atom. The van der Waals surface area contributed by atoms with Crippen molar-refractivity contribution in [2.45, 2.75) is 58.5 Å². The van der Waals surface area contributed by atoms with Crippen LogP contribution < -0.4 is 5.73 Å². The lowest BCUT2D eigenvalue weighted by atomic mass is 9.90. The van der Waals surface area contributed by atoms with Crippen molar-refractivity contribution in [2.24, 2.45) is 5.73 Å². The summed E-state index contributed by atoms with van der Waals surface area (Å²) in [6.07, 6.45) is 6.80. The average Bonchev–Trinajstić information content (AvgIpc) is 2.97. The second kappa shape index (κ2) is 6.06. The van der Waals surface area contributed by atoms with Crippen molar-refractivity contribution in [1.29, 1.82) is 0 Å². The lowest BCUT2D eigenvalue weighted by Crippen LogP contribution is -2.30. The van der Waals surface area contributed by atoms with Crippen LogP contribution in [0.1, 0.15) is 62.4 Å². The zero-order valence-electron chi connectivity index (χ0n) is 13.5. The summed E-state index contributed by atoms with van der Waals surface area (Å²) >= 11 is 0. The Hall–Kier alpha value is -1.55. The molecule has 116 valence electrons. The summed E-state index contributed by atoms with van der Waals surface area (Å²) in [7, 11) is 0. The molecule has 4 nitrogen and oxygen atoms in total. The van der Waals surface area contributed by atoms with Crippen LogP contribution in [0.5, 0.6) is 0 Å². The van der Waals surface area contributed by atoms with Crippen LogP contribution in [0.25, 0.3) is 0 Å². The smallest absolute Gasteiger partial charge is 0.284 e. The molecular weight excluding hydrogens is 264 g/mol. The first kappa shape index (κ1) is 15.8. The maximum atomic E-state index is 11.4. The number of nitrogens with two attached hydrogens (primary N) is 1. The van der Waals surface area contributed by atoms with E-state index in [1.165, 1.54) is 0 Å². The molecule has 0 unspecified atom stereocenters. The number of primary amides is 1. The van der Waals surface area contributed by atoms with E-state index in [0.717, 1.165) is 37.3 Å². The molecule has 0 spiro atoms. The molecule has 4 heteroatoms. The third kappa shape index (κ3) is 3.56. The Balaban J connectivity index is 2.24. The second-order valence-electron chi connectivity index (χ2n) is 6.79. The number of carbonyl (C=O) groups is 1. The SMILES string of the molecule is CCC[C@@H]1C=CCN1Cc1cc(C(N)=O)oc1C(C)(C)C. The van der Waals surface area contributed by atoms with Crippen LogP contribution in [0.4, 0.5) is 0 Å². The fourth-order valence-corrected chi connectivity index (χ4v) is 2.89. The lowest BCUT2D eigenvalue weighted by Gasteiger charge is -2.25. The summed E-state index contributed by atoms with van der Waals surface area (Å²) in [5.74, 6) is 0.615. The Kier molecular flexibility index (Phi) is 4.57. The third-order valence-corrected chi connectivity index (χ3v) is 3.86. The molecule has 1 amide bonds. The van der Waals surface area contributed by atoms with Crippen LogP contribution in [-0.4, -0.2) is 23.4 Å². The molecule has 1 aliphatic heterocycles. The van der Waals surface area contributed by atoms with E-state index in [9.17, 15) is 4.79 Å². The van der Waals surface area contributed by atoms with Gasteiger partial charge < -0.3 is 10.2 Å². The summed E-state index contributed by atoms with van der Waals surface area (Å²) in [6, 6.07) is 2.29. The van der Waals surface area contributed by atoms with Crippen LogP contribution in [0.2, 0.25) is 0 Å². The molecule has 0 bridgehead atoms. The van der Waals surface area contributed by atoms with E-state index < -0.39 is 5.91 Å². The van der Waals surface area contributed by atoms with Crippen LogP contribution in [0, 0.1) is 0 Å². The molecule has 2 rings (SSSR count). The van der Waals surface area contributed by atoms with Gasteiger partial charge in [0.15, 0.2) is 5.76 Å². The van der Waals surface area contributed by atoms with E-state index in [-0.39, 0.29) is 11.2 Å². The van der Waals surface area contributed by atoms with Crippen LogP contribution >= 0.6 is 0 Å². The van der Waals surface area contributed by atoms with Crippen molar-refractivity contribution in [3.8, 4) is 0 Å². The van der Waals surface area contributed by atoms with E-state index in [2.05, 4.69) is 44.7 Å². The summed E-state index contributed by atoms with van der Waals surface area (Å²) in [5, 5.41) is 0. The van der Waals surface area contributed by atoms with Crippen molar-refractivity contribution in [3.63, 3.8) is 0 Å². The summed E-state index contributed by atoms with van der Waals surface area (Å²) < 4.78 is 5.72. The number of carbonyl (C=O) groups excluding carboxylic acids is 1. The Labute approximate surface area is 127 Å². The molecule has 2 heterocycles. The fourth-order valence-electron chi connectivity index (χ4n) is 2.89. The Morgan fingerprint density at radius 1 is 1.48 bits per heavy atom. The second-order valence-corrected chi connectivity index (χ2v) is 6.79. The first-order chi connectivity index (χ1) is 9.82. The molecule has 0 saturated carbocycles. The highest BCUT2D eigenvalue weighted by Gasteiger charge is 2.28. The van der Waals surface area contributed by atoms with Gasteiger partial charge in [0.25, 0.3) is 5.91 Å². The zero-order chi connectivity index (χ0) is 15.6. The van der Waals surface area contributed by atoms with Crippen molar-refractivity contribution >= 4 is 5.91 Å². The first-order valence-electron chi connectivity index (χ1n) is 7.66. The predicted molar refractivity (Wildman–Crippen MR) is 84.2 cm³/mol. The molecule has 2 N–H and O–H groups in total. The molecule has 1 atom stereocenters. The number of furan rings is 1. The lowest BCUT2D eigenvalue weighted by molar-refractivity contribution is 0.0970. The van der Waals surface area contributed by atoms with Gasteiger partial charge in [0.05, 0.1) is 0 Å². The molecule has 1 aliphatic rings. The minimum absolute atomic E-state index is 0.142. The average molecular weight is 290 g/mol. The van der Waals surface area contributed by atoms with E-state index in [1.54, 1.807) is 0 Å². The number of amides is 1. The van der Waals surface area contributed by atoms with Crippen LogP contribution in [0.3, 0.4) is 0 Å². The standard InChI is InChI=1S/C17H26N2O2/c1-5-7-13-8-6-9-19(13)11-12-10-14(16(18)20)21-15(12)17(2,3)4/h6,8,10,13H,5,7,9,11H2,1-4H3,(H2,18,20)/t13-/m1/s1. The molecule has 0 saturated heterocycles. The number of rotatable bonds is 5. The van der Waals surface area contributed by atoms with E-state index in [4.69, 9.17) is 10.2 Å². The van der Waals surface area contributed by atoms with Gasteiger partial charge >= 0.3 is 0 Å². The third-order valence-electron chi connectivity index (χ3n) is 3.86. The van der Waals surface area contributed by atoms with Crippen LogP contribution in [-0.2, 0) is 12.0 Å². The van der Waals surface area contributed by atoms with Crippen molar-refractivity contribution in [2.75, 3.05) is 6.54 Å². The summed E-state index contributed by atoms with van der Waals surface area (Å²) in [5.41, 5.74) is 6.29. The quantitative estimate of drug-likeness (QED) is 0.847. The van der Waals surface area contributed by atoms with Gasteiger partial charge in [-0.15, -0.1) is 0 Å². The van der Waals surface area contributed by atoms with Crippen molar-refractivity contribution in [1.82, 2.24) is 4.90 Å². The van der Waals surface area contributed by atoms with Gasteiger partial charge in [0, 0.05) is 30.1 Å². The van der Waals surface area contributed by atoms with E-state index in [0.29, 0.717) is 6.04 Å². The normalized spacial score (nSPS) is 19.3. The number of nitrogens with zero attached hydrogens (tertiary/aromatic N) is 1. The highest BCUT2D eigenvalue weighted by molar-refractivity contribution is 5.90. The maximum absolute atomic E-state index is 11.4. The maximum Gasteiger partial charge on any atom is 0.284 e. The van der Waals surface area contributed by atoms with Gasteiger partial charge in [0.2, 0.25) is 0 Å². The number of hydrogen-bond donors (Lipinski definition) is 1. The molecule has 1 aromatic heterocycles. The molecule has 0 fully saturated rings. The minimum Gasteiger partial charge on any atom is -0.455 e. The summed E-state index contributed by atoms with van der Waals surface area (Å²) in [4.78, 5) is 13.8. The minimum atomic E-state index is -0.503. The van der Waals surface area contributed by atoms with Crippen molar-refractivity contribution in [3.05, 3.63) is 35.3 Å². The molecular formula is C17H26N2O2. The van der Waals surface area contributed by atoms with Gasteiger partial charge in [-0.25, -0.2) is 0 Å². The zero-order valence-corrected chi connectivity index (χ0v) is 13.5. The van der Waals surface area contributed by atoms with Gasteiger partial charge in [0.1, 0.15) is 5.76 Å². The molecule has 0 radical (unpaired) electrons. The van der Waals surface area contributed by atoms with Gasteiger partial charge in [-0.3, -0.25) is 9.69 Å². The highest BCUT2D eigenvalue weighted by Crippen LogP contribution is 2.31. The molecule has 1 aromatic rings. The van der Waals surface area contributed by atoms with Crippen LogP contribution in [0.15, 0.2) is 22.6 Å². The predicted octanol–water partition coefficient (Wildman–Crippen LogP) is 3.22. The Morgan fingerprint density at radius 3 is 2.76 bits per heavy atom. The van der Waals surface area contributed by atoms with Crippen molar-refractivity contribution < 1.29 is 9.21 Å². The largest absolute Gasteiger partial charge is 0.455 e. The first-order valence-corrected chi connectivity index (χ1v) is 7.66. The van der Waals surface area contributed by atoms with Gasteiger partial charge in [-0.1, -0.05) is 46.3 Å². The highest BCUT2D eigenvalue weighted by atomic mass is 16.4. The topological polar surface area (TPSA) is 59.5 Å². The van der Waals surface area contributed by atoms with E-state index in [1.807, 2.05) is 6.07 Å². The van der Waals surface area contributed by atoms with Gasteiger partial charge in [-0.2, -0.15) is 0 Å². The molecule has 21 heavy (non-hydrogen) atoms.